The van der Waals surface area contributed by atoms with Crippen LogP contribution >= 0.6 is 0 Å². The first-order chi connectivity index (χ1) is 8.29. The Morgan fingerprint density at radius 3 is 2.94 bits per heavy atom. The van der Waals surface area contributed by atoms with Gasteiger partial charge in [0.1, 0.15) is 5.78 Å². The summed E-state index contributed by atoms with van der Waals surface area (Å²) in [5, 5.41) is 1.15. The molecule has 0 unspecified atom stereocenters. The molecule has 17 heavy (non-hydrogen) atoms. The first-order valence-electron chi connectivity index (χ1n) is 6.15. The Labute approximate surface area is 102 Å². The van der Waals surface area contributed by atoms with E-state index in [1.807, 2.05) is 19.1 Å². The van der Waals surface area contributed by atoms with Crippen LogP contribution in [0, 0.1) is 0 Å². The average molecular weight is 227 g/mol. The van der Waals surface area contributed by atoms with Gasteiger partial charge in [-0.25, -0.2) is 0 Å². The Kier molecular flexibility index (Phi) is 3.86. The Balaban J connectivity index is 2.06. The molecule has 1 heterocycles. The molecule has 88 valence electrons. The second kappa shape index (κ2) is 5.58. The van der Waals surface area contributed by atoms with E-state index in [2.05, 4.69) is 23.2 Å². The molecule has 0 saturated heterocycles. The predicted molar refractivity (Wildman–Crippen MR) is 70.0 cm³/mol. The summed E-state index contributed by atoms with van der Waals surface area (Å²) < 4.78 is 0. The average Bonchev–Trinajstić information content (AvgIpc) is 2.36. The van der Waals surface area contributed by atoms with Crippen LogP contribution in [0.1, 0.15) is 31.7 Å². The molecule has 0 spiro atoms. The summed E-state index contributed by atoms with van der Waals surface area (Å²) in [6, 6.07) is 10.2. The number of hydrogen-bond acceptors (Lipinski definition) is 2. The number of aryl methyl sites for hydroxylation is 1. The van der Waals surface area contributed by atoms with Crippen LogP contribution in [0.15, 0.2) is 36.5 Å². The molecule has 2 heteroatoms. The van der Waals surface area contributed by atoms with E-state index in [-0.39, 0.29) is 0 Å². The van der Waals surface area contributed by atoms with Crippen LogP contribution in [-0.4, -0.2) is 10.8 Å². The van der Waals surface area contributed by atoms with E-state index in [0.717, 1.165) is 23.7 Å². The number of benzene rings is 1. The normalized spacial score (nSPS) is 10.6. The van der Waals surface area contributed by atoms with E-state index in [4.69, 9.17) is 0 Å². The molecular formula is C15H17NO. The van der Waals surface area contributed by atoms with Crippen LogP contribution < -0.4 is 0 Å². The van der Waals surface area contributed by atoms with Crippen molar-refractivity contribution in [3.63, 3.8) is 0 Å². The SMILES string of the molecule is CCCC(=O)CCc1ccc2ncccc2c1. The van der Waals surface area contributed by atoms with E-state index in [1.165, 1.54) is 5.56 Å². The molecule has 1 aromatic heterocycles. The van der Waals surface area contributed by atoms with Crippen LogP contribution in [0.2, 0.25) is 0 Å². The largest absolute Gasteiger partial charge is 0.300 e. The van der Waals surface area contributed by atoms with E-state index in [0.29, 0.717) is 18.6 Å². The van der Waals surface area contributed by atoms with Gasteiger partial charge >= 0.3 is 0 Å². The van der Waals surface area contributed by atoms with Crippen molar-refractivity contribution in [2.24, 2.45) is 0 Å². The lowest BCUT2D eigenvalue weighted by Crippen LogP contribution is -1.99. The third-order valence-electron chi connectivity index (χ3n) is 2.89. The minimum Gasteiger partial charge on any atom is -0.300 e. The van der Waals surface area contributed by atoms with Crippen LogP contribution in [0.3, 0.4) is 0 Å². The number of fused-ring (bicyclic) bond motifs is 1. The number of aromatic nitrogens is 1. The van der Waals surface area contributed by atoms with Crippen LogP contribution in [0.5, 0.6) is 0 Å². The maximum Gasteiger partial charge on any atom is 0.133 e. The van der Waals surface area contributed by atoms with Gasteiger partial charge in [0.25, 0.3) is 0 Å². The molecule has 2 nitrogen and oxygen atoms in total. The Morgan fingerprint density at radius 1 is 1.24 bits per heavy atom. The van der Waals surface area contributed by atoms with Gasteiger partial charge in [0.2, 0.25) is 0 Å². The van der Waals surface area contributed by atoms with Crippen molar-refractivity contribution in [2.75, 3.05) is 0 Å². The fourth-order valence-electron chi connectivity index (χ4n) is 1.97. The molecule has 0 bridgehead atoms. The molecule has 0 atom stereocenters. The number of carbonyl (C=O) groups excluding carboxylic acids is 1. The van der Waals surface area contributed by atoms with E-state index in [1.54, 1.807) is 6.20 Å². The topological polar surface area (TPSA) is 30.0 Å². The maximum atomic E-state index is 11.5. The quantitative estimate of drug-likeness (QED) is 0.782. The van der Waals surface area contributed by atoms with Gasteiger partial charge in [-0.3, -0.25) is 9.78 Å². The monoisotopic (exact) mass is 227 g/mol. The minimum atomic E-state index is 0.360. The van der Waals surface area contributed by atoms with Crippen molar-refractivity contribution in [2.45, 2.75) is 32.6 Å². The molecule has 0 aliphatic rings. The molecule has 2 rings (SSSR count). The maximum absolute atomic E-state index is 11.5. The fourth-order valence-corrected chi connectivity index (χ4v) is 1.97. The molecule has 0 aliphatic carbocycles. The highest BCUT2D eigenvalue weighted by molar-refractivity contribution is 5.80. The van der Waals surface area contributed by atoms with Crippen LogP contribution in [-0.2, 0) is 11.2 Å². The molecule has 0 saturated carbocycles. The van der Waals surface area contributed by atoms with Crippen molar-refractivity contribution in [1.82, 2.24) is 4.98 Å². The molecule has 0 aliphatic heterocycles. The van der Waals surface area contributed by atoms with Gasteiger partial charge in [0.05, 0.1) is 5.52 Å². The number of pyridine rings is 1. The zero-order valence-corrected chi connectivity index (χ0v) is 10.1. The molecule has 0 fully saturated rings. The second-order valence-corrected chi connectivity index (χ2v) is 4.32. The smallest absolute Gasteiger partial charge is 0.133 e. The minimum absolute atomic E-state index is 0.360. The first-order valence-corrected chi connectivity index (χ1v) is 6.15. The zero-order valence-electron chi connectivity index (χ0n) is 10.1. The van der Waals surface area contributed by atoms with E-state index >= 15 is 0 Å². The number of hydrogen-bond donors (Lipinski definition) is 0. The van der Waals surface area contributed by atoms with E-state index in [9.17, 15) is 4.79 Å². The summed E-state index contributed by atoms with van der Waals surface area (Å²) in [6.45, 7) is 2.04. The third kappa shape index (κ3) is 3.13. The summed E-state index contributed by atoms with van der Waals surface area (Å²) in [5.41, 5.74) is 2.23. The van der Waals surface area contributed by atoms with Gasteiger partial charge in [-0.2, -0.15) is 0 Å². The molecule has 0 amide bonds. The predicted octanol–water partition coefficient (Wildman–Crippen LogP) is 3.54. The van der Waals surface area contributed by atoms with Gasteiger partial charge in [-0.05, 0) is 36.6 Å². The Hall–Kier alpha value is -1.70. The Bertz CT molecular complexity index is 519. The van der Waals surface area contributed by atoms with Crippen LogP contribution in [0.4, 0.5) is 0 Å². The summed E-state index contributed by atoms with van der Waals surface area (Å²) in [6.07, 6.45) is 4.94. The molecule has 0 radical (unpaired) electrons. The van der Waals surface area contributed by atoms with Crippen molar-refractivity contribution < 1.29 is 4.79 Å². The zero-order chi connectivity index (χ0) is 12.1. The molecular weight excluding hydrogens is 210 g/mol. The van der Waals surface area contributed by atoms with Gasteiger partial charge in [0.15, 0.2) is 0 Å². The fraction of sp³-hybridized carbons (Fsp3) is 0.333. The van der Waals surface area contributed by atoms with Gasteiger partial charge in [0, 0.05) is 24.4 Å². The molecule has 2 aromatic rings. The molecule has 1 aromatic carbocycles. The number of nitrogens with zero attached hydrogens (tertiary/aromatic N) is 1. The summed E-state index contributed by atoms with van der Waals surface area (Å²) >= 11 is 0. The highest BCUT2D eigenvalue weighted by Crippen LogP contribution is 2.14. The number of Topliss-reactive ketones (excluding diaryl/α,β-unsaturated/α-hetero) is 1. The lowest BCUT2D eigenvalue weighted by molar-refractivity contribution is -0.119. The number of ketones is 1. The van der Waals surface area contributed by atoms with Gasteiger partial charge < -0.3 is 0 Å². The number of rotatable bonds is 5. The number of carbonyl (C=O) groups is 1. The summed E-state index contributed by atoms with van der Waals surface area (Å²) in [7, 11) is 0. The van der Waals surface area contributed by atoms with Crippen LogP contribution in [0.25, 0.3) is 10.9 Å². The lowest BCUT2D eigenvalue weighted by atomic mass is 10.0. The van der Waals surface area contributed by atoms with E-state index < -0.39 is 0 Å². The van der Waals surface area contributed by atoms with Crippen molar-refractivity contribution in [1.29, 1.82) is 0 Å². The summed E-state index contributed by atoms with van der Waals surface area (Å²) in [5.74, 6) is 0.360. The third-order valence-corrected chi connectivity index (χ3v) is 2.89. The van der Waals surface area contributed by atoms with Gasteiger partial charge in [-0.1, -0.05) is 19.1 Å². The first kappa shape index (κ1) is 11.8. The van der Waals surface area contributed by atoms with Crippen molar-refractivity contribution in [3.05, 3.63) is 42.1 Å². The summed E-state index contributed by atoms with van der Waals surface area (Å²) in [4.78, 5) is 15.7. The van der Waals surface area contributed by atoms with Gasteiger partial charge in [-0.15, -0.1) is 0 Å². The van der Waals surface area contributed by atoms with Crippen molar-refractivity contribution in [3.8, 4) is 0 Å². The van der Waals surface area contributed by atoms with Crippen molar-refractivity contribution >= 4 is 16.7 Å². The highest BCUT2D eigenvalue weighted by atomic mass is 16.1. The molecule has 0 N–H and O–H groups in total. The Morgan fingerprint density at radius 2 is 2.12 bits per heavy atom. The lowest BCUT2D eigenvalue weighted by Gasteiger charge is -2.02. The standard InChI is InChI=1S/C15H17NO/c1-2-4-14(17)8-6-12-7-9-15-13(11-12)5-3-10-16-15/h3,5,7,9-11H,2,4,6,8H2,1H3. The highest BCUT2D eigenvalue weighted by Gasteiger charge is 2.02. The second-order valence-electron chi connectivity index (χ2n) is 4.32.